The fourth-order valence-corrected chi connectivity index (χ4v) is 3.43. The van der Waals surface area contributed by atoms with Crippen LogP contribution in [-0.2, 0) is 11.2 Å². The summed E-state index contributed by atoms with van der Waals surface area (Å²) in [5.41, 5.74) is 4.71. The number of halogens is 1. The van der Waals surface area contributed by atoms with Gasteiger partial charge in [-0.1, -0.05) is 29.8 Å². The quantitative estimate of drug-likeness (QED) is 0.676. The molecule has 2 N–H and O–H groups in total. The highest BCUT2D eigenvalue weighted by molar-refractivity contribution is 7.13. The number of hydrogen-bond acceptors (Lipinski definition) is 3. The van der Waals surface area contributed by atoms with Gasteiger partial charge in [-0.05, 0) is 35.7 Å². The van der Waals surface area contributed by atoms with Gasteiger partial charge in [0, 0.05) is 12.1 Å². The molecular formula is C18H15ClN2O3S. The van der Waals surface area contributed by atoms with Gasteiger partial charge in [0.1, 0.15) is 0 Å². The second-order valence-corrected chi connectivity index (χ2v) is 6.69. The molecule has 0 aliphatic carbocycles. The zero-order valence-corrected chi connectivity index (χ0v) is 14.7. The van der Waals surface area contributed by atoms with Crippen LogP contribution in [0.3, 0.4) is 0 Å². The summed E-state index contributed by atoms with van der Waals surface area (Å²) in [4.78, 5) is 24.5. The van der Waals surface area contributed by atoms with Crippen LogP contribution < -0.4 is 5.43 Å². The summed E-state index contributed by atoms with van der Waals surface area (Å²) in [5, 5.41) is 11.2. The molecule has 2 heterocycles. The van der Waals surface area contributed by atoms with Gasteiger partial charge in [-0.3, -0.25) is 19.7 Å². The smallest absolute Gasteiger partial charge is 0.303 e. The predicted molar refractivity (Wildman–Crippen MR) is 98.8 cm³/mol. The first-order valence-electron chi connectivity index (χ1n) is 7.58. The van der Waals surface area contributed by atoms with Crippen molar-refractivity contribution in [2.24, 2.45) is 0 Å². The molecular weight excluding hydrogens is 360 g/mol. The van der Waals surface area contributed by atoms with E-state index in [-0.39, 0.29) is 12.3 Å². The lowest BCUT2D eigenvalue weighted by molar-refractivity contribution is -0.136. The van der Waals surface area contributed by atoms with Gasteiger partial charge >= 0.3 is 5.97 Å². The van der Waals surface area contributed by atoms with E-state index in [9.17, 15) is 9.59 Å². The molecule has 25 heavy (non-hydrogen) atoms. The Morgan fingerprint density at radius 3 is 2.60 bits per heavy atom. The van der Waals surface area contributed by atoms with E-state index in [0.29, 0.717) is 22.7 Å². The van der Waals surface area contributed by atoms with Crippen molar-refractivity contribution >= 4 is 34.8 Å². The lowest BCUT2D eigenvalue weighted by Gasteiger charge is -2.14. The van der Waals surface area contributed by atoms with E-state index >= 15 is 0 Å². The average molecular weight is 375 g/mol. The average Bonchev–Trinajstić information content (AvgIpc) is 3.23. The predicted octanol–water partition coefficient (Wildman–Crippen LogP) is 4.27. The number of nitrogens with one attached hydrogen (secondary N) is 1. The van der Waals surface area contributed by atoms with Crippen LogP contribution in [-0.4, -0.2) is 21.7 Å². The minimum Gasteiger partial charge on any atom is -0.481 e. The Balaban J connectivity index is 1.94. The number of amides is 1. The zero-order chi connectivity index (χ0) is 17.8. The maximum atomic E-state index is 12.6. The third-order valence-corrected chi connectivity index (χ3v) is 4.88. The molecule has 128 valence electrons. The molecule has 0 saturated carbocycles. The van der Waals surface area contributed by atoms with Crippen LogP contribution in [0.5, 0.6) is 0 Å². The molecule has 7 heteroatoms. The summed E-state index contributed by atoms with van der Waals surface area (Å²) >= 11 is 7.63. The minimum atomic E-state index is -0.886. The van der Waals surface area contributed by atoms with Crippen molar-refractivity contribution in [3.8, 4) is 10.6 Å². The first-order valence-corrected chi connectivity index (χ1v) is 8.84. The normalized spacial score (nSPS) is 10.6. The summed E-state index contributed by atoms with van der Waals surface area (Å²) in [7, 11) is 0. The number of carboxylic acids is 1. The van der Waals surface area contributed by atoms with Crippen molar-refractivity contribution in [2.75, 3.05) is 5.43 Å². The molecule has 0 radical (unpaired) electrons. The topological polar surface area (TPSA) is 71.3 Å². The van der Waals surface area contributed by atoms with Crippen LogP contribution in [0.15, 0.2) is 53.9 Å². The van der Waals surface area contributed by atoms with Gasteiger partial charge < -0.3 is 5.11 Å². The van der Waals surface area contributed by atoms with Crippen LogP contribution in [0.2, 0.25) is 5.02 Å². The van der Waals surface area contributed by atoms with Crippen LogP contribution in [0, 0.1) is 0 Å². The van der Waals surface area contributed by atoms with E-state index in [1.54, 1.807) is 28.9 Å². The lowest BCUT2D eigenvalue weighted by Crippen LogP contribution is -2.25. The van der Waals surface area contributed by atoms with Gasteiger partial charge in [-0.2, -0.15) is 0 Å². The van der Waals surface area contributed by atoms with Crippen molar-refractivity contribution in [1.82, 2.24) is 4.68 Å². The van der Waals surface area contributed by atoms with Gasteiger partial charge in [0.15, 0.2) is 0 Å². The van der Waals surface area contributed by atoms with E-state index < -0.39 is 5.97 Å². The number of nitrogens with zero attached hydrogens (tertiary/aromatic N) is 1. The Morgan fingerprint density at radius 2 is 1.92 bits per heavy atom. The molecule has 1 amide bonds. The largest absolute Gasteiger partial charge is 0.481 e. The Labute approximate surface area is 153 Å². The Morgan fingerprint density at radius 1 is 1.12 bits per heavy atom. The molecule has 2 aromatic heterocycles. The number of hydrogen-bond donors (Lipinski definition) is 2. The standard InChI is InChI=1S/C18H15ClN2O3S/c19-14-5-2-1-4-13(14)18(24)20-21-12(8-10-17(22)23)7-9-15(21)16-6-3-11-25-16/h1-7,9,11H,8,10H2,(H,20,24)(H,22,23). The number of benzene rings is 1. The van der Waals surface area contributed by atoms with E-state index in [2.05, 4.69) is 5.43 Å². The van der Waals surface area contributed by atoms with Crippen molar-refractivity contribution in [3.05, 3.63) is 70.2 Å². The van der Waals surface area contributed by atoms with Crippen LogP contribution in [0.25, 0.3) is 10.6 Å². The Hall–Kier alpha value is -2.57. The number of carbonyl (C=O) groups excluding carboxylic acids is 1. The fourth-order valence-electron chi connectivity index (χ4n) is 2.46. The molecule has 1 aromatic carbocycles. The van der Waals surface area contributed by atoms with Gasteiger partial charge in [0.2, 0.25) is 0 Å². The monoisotopic (exact) mass is 374 g/mol. The number of aliphatic carboxylic acids is 1. The van der Waals surface area contributed by atoms with Gasteiger partial charge in [-0.15, -0.1) is 11.3 Å². The fraction of sp³-hybridized carbons (Fsp3) is 0.111. The molecule has 0 fully saturated rings. The SMILES string of the molecule is O=C(O)CCc1ccc(-c2cccs2)n1NC(=O)c1ccccc1Cl. The lowest BCUT2D eigenvalue weighted by atomic mass is 10.2. The number of carbonyl (C=O) groups is 2. The molecule has 3 rings (SSSR count). The number of aryl methyl sites for hydroxylation is 1. The number of rotatable bonds is 6. The summed E-state index contributed by atoms with van der Waals surface area (Å²) in [6.07, 6.45) is 0.291. The van der Waals surface area contributed by atoms with E-state index in [1.165, 1.54) is 11.3 Å². The van der Waals surface area contributed by atoms with E-state index in [4.69, 9.17) is 16.7 Å². The van der Waals surface area contributed by atoms with Crippen molar-refractivity contribution < 1.29 is 14.7 Å². The summed E-state index contributed by atoms with van der Waals surface area (Å²) in [5.74, 6) is -1.24. The van der Waals surface area contributed by atoms with Crippen LogP contribution in [0.1, 0.15) is 22.5 Å². The van der Waals surface area contributed by atoms with Crippen molar-refractivity contribution in [3.63, 3.8) is 0 Å². The van der Waals surface area contributed by atoms with Crippen LogP contribution in [0.4, 0.5) is 0 Å². The van der Waals surface area contributed by atoms with Crippen molar-refractivity contribution in [1.29, 1.82) is 0 Å². The first-order chi connectivity index (χ1) is 12.1. The summed E-state index contributed by atoms with van der Waals surface area (Å²) in [6.45, 7) is 0. The highest BCUT2D eigenvalue weighted by Gasteiger charge is 2.16. The van der Waals surface area contributed by atoms with Gasteiger partial charge in [-0.25, -0.2) is 0 Å². The molecule has 3 aromatic rings. The highest BCUT2D eigenvalue weighted by atomic mass is 35.5. The maximum Gasteiger partial charge on any atom is 0.303 e. The highest BCUT2D eigenvalue weighted by Crippen LogP contribution is 2.27. The number of carboxylic acid groups (broad SMARTS) is 1. The molecule has 0 aliphatic heterocycles. The molecule has 5 nitrogen and oxygen atoms in total. The third-order valence-electron chi connectivity index (χ3n) is 3.66. The first kappa shape index (κ1) is 17.3. The Bertz CT molecular complexity index is 903. The molecule has 0 bridgehead atoms. The molecule has 0 unspecified atom stereocenters. The molecule has 0 spiro atoms. The third kappa shape index (κ3) is 3.92. The van der Waals surface area contributed by atoms with Crippen LogP contribution >= 0.6 is 22.9 Å². The van der Waals surface area contributed by atoms with E-state index in [0.717, 1.165) is 10.6 Å². The number of thiophene rings is 1. The summed E-state index contributed by atoms with van der Waals surface area (Å²) < 4.78 is 1.64. The van der Waals surface area contributed by atoms with E-state index in [1.807, 2.05) is 29.6 Å². The molecule has 0 saturated heterocycles. The van der Waals surface area contributed by atoms with Gasteiger partial charge in [0.25, 0.3) is 5.91 Å². The zero-order valence-electron chi connectivity index (χ0n) is 13.1. The van der Waals surface area contributed by atoms with Gasteiger partial charge in [0.05, 0.1) is 27.6 Å². The molecule has 0 atom stereocenters. The summed E-state index contributed by atoms with van der Waals surface area (Å²) in [6, 6.07) is 14.3. The number of aromatic nitrogens is 1. The second-order valence-electron chi connectivity index (χ2n) is 5.34. The molecule has 0 aliphatic rings. The second kappa shape index (κ2) is 7.55. The minimum absolute atomic E-state index is 0.0180. The van der Waals surface area contributed by atoms with Crippen molar-refractivity contribution in [2.45, 2.75) is 12.8 Å². The Kier molecular flexibility index (Phi) is 5.21. The maximum absolute atomic E-state index is 12.6.